The number of carbonyl (C=O) groups is 1. The molecule has 1 aromatic heterocycles. The highest BCUT2D eigenvalue weighted by atomic mass is 16.2. The van der Waals surface area contributed by atoms with Gasteiger partial charge in [-0.3, -0.25) is 9.48 Å². The van der Waals surface area contributed by atoms with Gasteiger partial charge in [-0.1, -0.05) is 13.8 Å². The van der Waals surface area contributed by atoms with Crippen molar-refractivity contribution in [2.24, 2.45) is 13.0 Å². The Morgan fingerprint density at radius 2 is 2.33 bits per heavy atom. The lowest BCUT2D eigenvalue weighted by atomic mass is 10.1. The third-order valence-electron chi connectivity index (χ3n) is 2.59. The summed E-state index contributed by atoms with van der Waals surface area (Å²) in [6.45, 7) is 4.62. The average molecular weight is 209 g/mol. The van der Waals surface area contributed by atoms with Gasteiger partial charge in [-0.15, -0.1) is 0 Å². The Bertz CT molecular complexity index is 332. The summed E-state index contributed by atoms with van der Waals surface area (Å²) in [4.78, 5) is 13.5. The zero-order valence-corrected chi connectivity index (χ0v) is 9.90. The van der Waals surface area contributed by atoms with Crippen LogP contribution in [-0.4, -0.2) is 27.6 Å². The highest BCUT2D eigenvalue weighted by Gasteiger charge is 2.15. The molecule has 0 radical (unpaired) electrons. The van der Waals surface area contributed by atoms with Crippen LogP contribution in [-0.2, 0) is 18.4 Å². The maximum Gasteiger partial charge on any atom is 0.225 e. The van der Waals surface area contributed by atoms with Gasteiger partial charge in [-0.05, 0) is 6.42 Å². The molecule has 0 spiro atoms. The van der Waals surface area contributed by atoms with Crippen LogP contribution < -0.4 is 0 Å². The summed E-state index contributed by atoms with van der Waals surface area (Å²) in [5, 5.41) is 4.07. The number of hydrogen-bond donors (Lipinski definition) is 0. The Hall–Kier alpha value is -1.32. The van der Waals surface area contributed by atoms with E-state index >= 15 is 0 Å². The van der Waals surface area contributed by atoms with Gasteiger partial charge in [0.15, 0.2) is 0 Å². The molecule has 0 bridgehead atoms. The summed E-state index contributed by atoms with van der Waals surface area (Å²) in [5.41, 5.74) is 1.07. The van der Waals surface area contributed by atoms with E-state index in [9.17, 15) is 4.79 Å². The molecule has 15 heavy (non-hydrogen) atoms. The molecule has 84 valence electrons. The molecular formula is C11H19N3O. The summed E-state index contributed by atoms with van der Waals surface area (Å²) >= 11 is 0. The number of carbonyl (C=O) groups excluding carboxylic acids is 1. The SMILES string of the molecule is CCC(C)C(=O)N(C)Cc1cnn(C)c1. The molecule has 1 heterocycles. The van der Waals surface area contributed by atoms with Crippen LogP contribution in [0.2, 0.25) is 0 Å². The lowest BCUT2D eigenvalue weighted by Crippen LogP contribution is -2.30. The molecule has 0 fully saturated rings. The van der Waals surface area contributed by atoms with Gasteiger partial charge in [0.05, 0.1) is 6.20 Å². The topological polar surface area (TPSA) is 38.1 Å². The summed E-state index contributed by atoms with van der Waals surface area (Å²) in [5.74, 6) is 0.299. The molecule has 1 rings (SSSR count). The fourth-order valence-electron chi connectivity index (χ4n) is 1.46. The number of amides is 1. The van der Waals surface area contributed by atoms with Crippen molar-refractivity contribution in [3.05, 3.63) is 18.0 Å². The van der Waals surface area contributed by atoms with Crippen molar-refractivity contribution < 1.29 is 4.79 Å². The maximum atomic E-state index is 11.8. The standard InChI is InChI=1S/C11H19N3O/c1-5-9(2)11(15)13(3)7-10-6-12-14(4)8-10/h6,8-9H,5,7H2,1-4H3. The third-order valence-corrected chi connectivity index (χ3v) is 2.59. The van der Waals surface area contributed by atoms with E-state index in [4.69, 9.17) is 0 Å². The van der Waals surface area contributed by atoms with Gasteiger partial charge in [-0.2, -0.15) is 5.10 Å². The monoisotopic (exact) mass is 209 g/mol. The molecular weight excluding hydrogens is 190 g/mol. The second kappa shape index (κ2) is 4.96. The Morgan fingerprint density at radius 1 is 1.67 bits per heavy atom. The van der Waals surface area contributed by atoms with E-state index in [1.807, 2.05) is 34.1 Å². The van der Waals surface area contributed by atoms with Crippen molar-refractivity contribution in [2.75, 3.05) is 7.05 Å². The number of nitrogens with zero attached hydrogens (tertiary/aromatic N) is 3. The van der Waals surface area contributed by atoms with Crippen LogP contribution in [0.25, 0.3) is 0 Å². The molecule has 0 saturated heterocycles. The summed E-state index contributed by atoms with van der Waals surface area (Å²) < 4.78 is 1.75. The van der Waals surface area contributed by atoms with Crippen LogP contribution in [0.3, 0.4) is 0 Å². The van der Waals surface area contributed by atoms with Gasteiger partial charge in [0.25, 0.3) is 0 Å². The molecule has 1 amide bonds. The van der Waals surface area contributed by atoms with E-state index in [2.05, 4.69) is 5.10 Å². The Kier molecular flexibility index (Phi) is 3.88. The fourth-order valence-corrected chi connectivity index (χ4v) is 1.46. The maximum absolute atomic E-state index is 11.8. The van der Waals surface area contributed by atoms with Crippen LogP contribution in [0.4, 0.5) is 0 Å². The minimum Gasteiger partial charge on any atom is -0.341 e. The summed E-state index contributed by atoms with van der Waals surface area (Å²) in [6, 6.07) is 0. The smallest absolute Gasteiger partial charge is 0.225 e. The zero-order chi connectivity index (χ0) is 11.4. The van der Waals surface area contributed by atoms with Crippen LogP contribution in [0.15, 0.2) is 12.4 Å². The molecule has 4 nitrogen and oxygen atoms in total. The lowest BCUT2D eigenvalue weighted by molar-refractivity contribution is -0.134. The normalized spacial score (nSPS) is 12.5. The molecule has 0 aliphatic heterocycles. The van der Waals surface area contributed by atoms with Crippen molar-refractivity contribution >= 4 is 5.91 Å². The first-order valence-electron chi connectivity index (χ1n) is 5.27. The second-order valence-electron chi connectivity index (χ2n) is 4.03. The van der Waals surface area contributed by atoms with E-state index in [0.717, 1.165) is 12.0 Å². The van der Waals surface area contributed by atoms with Gasteiger partial charge in [0.1, 0.15) is 0 Å². The minimum atomic E-state index is 0.103. The first-order valence-corrected chi connectivity index (χ1v) is 5.27. The van der Waals surface area contributed by atoms with Gasteiger partial charge < -0.3 is 4.90 Å². The molecule has 1 aromatic rings. The first kappa shape index (κ1) is 11.8. The molecule has 0 aromatic carbocycles. The molecule has 0 aliphatic rings. The van der Waals surface area contributed by atoms with Crippen molar-refractivity contribution in [2.45, 2.75) is 26.8 Å². The summed E-state index contributed by atoms with van der Waals surface area (Å²) in [6.07, 6.45) is 4.61. The Balaban J connectivity index is 2.55. The lowest BCUT2D eigenvalue weighted by Gasteiger charge is -2.19. The fraction of sp³-hybridized carbons (Fsp3) is 0.636. The number of rotatable bonds is 4. The third kappa shape index (κ3) is 3.08. The van der Waals surface area contributed by atoms with Crippen LogP contribution in [0.1, 0.15) is 25.8 Å². The molecule has 0 aliphatic carbocycles. The minimum absolute atomic E-state index is 0.103. The van der Waals surface area contributed by atoms with E-state index < -0.39 is 0 Å². The van der Waals surface area contributed by atoms with E-state index in [0.29, 0.717) is 6.54 Å². The first-order chi connectivity index (χ1) is 7.04. The molecule has 1 unspecified atom stereocenters. The zero-order valence-electron chi connectivity index (χ0n) is 9.90. The van der Waals surface area contributed by atoms with Crippen molar-refractivity contribution in [1.82, 2.24) is 14.7 Å². The van der Waals surface area contributed by atoms with Crippen molar-refractivity contribution in [1.29, 1.82) is 0 Å². The highest BCUT2D eigenvalue weighted by molar-refractivity contribution is 5.78. The van der Waals surface area contributed by atoms with E-state index in [1.54, 1.807) is 15.8 Å². The largest absolute Gasteiger partial charge is 0.341 e. The summed E-state index contributed by atoms with van der Waals surface area (Å²) in [7, 11) is 3.71. The molecule has 0 saturated carbocycles. The van der Waals surface area contributed by atoms with Gasteiger partial charge in [0, 0.05) is 38.3 Å². The van der Waals surface area contributed by atoms with Gasteiger partial charge >= 0.3 is 0 Å². The van der Waals surface area contributed by atoms with E-state index in [1.165, 1.54) is 0 Å². The highest BCUT2D eigenvalue weighted by Crippen LogP contribution is 2.08. The van der Waals surface area contributed by atoms with Crippen LogP contribution in [0, 0.1) is 5.92 Å². The van der Waals surface area contributed by atoms with Crippen molar-refractivity contribution in [3.8, 4) is 0 Å². The van der Waals surface area contributed by atoms with Gasteiger partial charge in [-0.25, -0.2) is 0 Å². The number of hydrogen-bond acceptors (Lipinski definition) is 2. The van der Waals surface area contributed by atoms with Crippen molar-refractivity contribution in [3.63, 3.8) is 0 Å². The molecule has 0 N–H and O–H groups in total. The van der Waals surface area contributed by atoms with E-state index in [-0.39, 0.29) is 11.8 Å². The van der Waals surface area contributed by atoms with Gasteiger partial charge in [0.2, 0.25) is 5.91 Å². The van der Waals surface area contributed by atoms with Crippen LogP contribution in [0.5, 0.6) is 0 Å². The molecule has 4 heteroatoms. The quantitative estimate of drug-likeness (QED) is 0.752. The molecule has 1 atom stereocenters. The second-order valence-corrected chi connectivity index (χ2v) is 4.03. The Morgan fingerprint density at radius 3 is 2.80 bits per heavy atom. The predicted molar refractivity (Wildman–Crippen MR) is 59.1 cm³/mol. The Labute approximate surface area is 90.9 Å². The van der Waals surface area contributed by atoms with Crippen LogP contribution >= 0.6 is 0 Å². The number of aryl methyl sites for hydroxylation is 1. The average Bonchev–Trinajstić information content (AvgIpc) is 2.61. The number of aromatic nitrogens is 2. The predicted octanol–water partition coefficient (Wildman–Crippen LogP) is 1.42.